The number of carbonyl (C=O) groups excluding carboxylic acids is 1. The van der Waals surface area contributed by atoms with Crippen molar-refractivity contribution in [3.8, 4) is 6.01 Å². The van der Waals surface area contributed by atoms with Crippen molar-refractivity contribution in [1.82, 2.24) is 15.3 Å². The molecule has 3 aromatic carbocycles. The lowest BCUT2D eigenvalue weighted by molar-refractivity contribution is -0.148. The van der Waals surface area contributed by atoms with Crippen molar-refractivity contribution in [2.75, 3.05) is 0 Å². The first-order valence-corrected chi connectivity index (χ1v) is 11.2. The highest BCUT2D eigenvalue weighted by molar-refractivity contribution is 5.96. The summed E-state index contributed by atoms with van der Waals surface area (Å²) in [5.74, 6) is -2.45. The average molecular weight is 486 g/mol. The van der Waals surface area contributed by atoms with Crippen LogP contribution in [0.2, 0.25) is 0 Å². The minimum absolute atomic E-state index is 0.132. The van der Waals surface area contributed by atoms with Crippen LogP contribution in [0.4, 0.5) is 4.39 Å². The fourth-order valence-corrected chi connectivity index (χ4v) is 4.11. The van der Waals surface area contributed by atoms with E-state index in [1.807, 2.05) is 0 Å². The third-order valence-electron chi connectivity index (χ3n) is 5.68. The molecule has 0 saturated heterocycles. The summed E-state index contributed by atoms with van der Waals surface area (Å²) in [5.41, 5.74) is 0.566. The van der Waals surface area contributed by atoms with Crippen molar-refractivity contribution in [2.24, 2.45) is 0 Å². The second-order valence-corrected chi connectivity index (χ2v) is 8.27. The van der Waals surface area contributed by atoms with Crippen molar-refractivity contribution in [3.63, 3.8) is 0 Å². The van der Waals surface area contributed by atoms with Crippen LogP contribution in [-0.4, -0.2) is 33.1 Å². The molecule has 1 atom stereocenters. The predicted octanol–water partition coefficient (Wildman–Crippen LogP) is 4.44. The lowest BCUT2D eigenvalue weighted by Crippen LogP contribution is -2.60. The number of amides is 1. The summed E-state index contributed by atoms with van der Waals surface area (Å²) in [6, 6.07) is 23.9. The predicted molar refractivity (Wildman–Crippen MR) is 131 cm³/mol. The normalized spacial score (nSPS) is 12.0. The number of ether oxygens (including phenoxy) is 1. The van der Waals surface area contributed by atoms with Crippen LogP contribution in [0.25, 0.3) is 0 Å². The van der Waals surface area contributed by atoms with Crippen LogP contribution in [0.5, 0.6) is 6.01 Å². The fourth-order valence-electron chi connectivity index (χ4n) is 4.11. The molecule has 1 heterocycles. The number of aryl methyl sites for hydroxylation is 2. The summed E-state index contributed by atoms with van der Waals surface area (Å²) in [4.78, 5) is 34.8. The summed E-state index contributed by atoms with van der Waals surface area (Å²) in [5, 5.41) is 13.4. The Hall–Kier alpha value is -4.59. The first-order chi connectivity index (χ1) is 17.3. The van der Waals surface area contributed by atoms with Crippen molar-refractivity contribution >= 4 is 11.9 Å². The zero-order chi connectivity index (χ0) is 25.7. The van der Waals surface area contributed by atoms with Crippen molar-refractivity contribution in [3.05, 3.63) is 125 Å². The molecule has 36 heavy (non-hydrogen) atoms. The molecule has 2 N–H and O–H groups in total. The van der Waals surface area contributed by atoms with E-state index in [-0.39, 0.29) is 11.6 Å². The maximum Gasteiger partial charge on any atom is 0.348 e. The number of carbonyl (C=O) groups is 2. The maximum absolute atomic E-state index is 13.5. The number of nitrogens with zero attached hydrogens (tertiary/aromatic N) is 2. The first-order valence-electron chi connectivity index (χ1n) is 11.2. The van der Waals surface area contributed by atoms with Gasteiger partial charge >= 0.3 is 12.0 Å². The van der Waals surface area contributed by atoms with E-state index in [9.17, 15) is 19.1 Å². The third-order valence-corrected chi connectivity index (χ3v) is 5.68. The molecule has 0 saturated carbocycles. The highest BCUT2D eigenvalue weighted by Crippen LogP contribution is 2.36. The van der Waals surface area contributed by atoms with Gasteiger partial charge in [0.15, 0.2) is 0 Å². The molecule has 0 bridgehead atoms. The van der Waals surface area contributed by atoms with Gasteiger partial charge in [-0.1, -0.05) is 60.7 Å². The number of aromatic nitrogens is 2. The molecule has 4 rings (SSSR count). The summed E-state index contributed by atoms with van der Waals surface area (Å²) >= 11 is 0. The van der Waals surface area contributed by atoms with Gasteiger partial charge in [-0.2, -0.15) is 0 Å². The van der Waals surface area contributed by atoms with Gasteiger partial charge in [0.25, 0.3) is 5.91 Å². The van der Waals surface area contributed by atoms with Gasteiger partial charge in [0, 0.05) is 17.0 Å². The molecule has 1 amide bonds. The lowest BCUT2D eigenvalue weighted by Gasteiger charge is -2.39. The van der Waals surface area contributed by atoms with Crippen molar-refractivity contribution in [1.29, 1.82) is 0 Å². The van der Waals surface area contributed by atoms with Crippen LogP contribution in [-0.2, 0) is 10.3 Å². The molecule has 1 aromatic heterocycles. The molecule has 0 aliphatic rings. The molecular formula is C28H24FN3O4. The number of halogens is 1. The SMILES string of the molecule is Cc1cc(C)nc(OC(C(=O)O)C(NC(=O)c2ccc(F)cc2)(c2ccccc2)c2ccccc2)n1. The van der Waals surface area contributed by atoms with Gasteiger partial charge in [-0.15, -0.1) is 0 Å². The number of rotatable bonds is 8. The Morgan fingerprint density at radius 2 is 1.36 bits per heavy atom. The maximum atomic E-state index is 13.5. The van der Waals surface area contributed by atoms with E-state index in [2.05, 4.69) is 15.3 Å². The van der Waals surface area contributed by atoms with E-state index in [1.54, 1.807) is 80.6 Å². The number of nitrogens with one attached hydrogen (secondary N) is 1. The van der Waals surface area contributed by atoms with E-state index in [1.165, 1.54) is 12.1 Å². The van der Waals surface area contributed by atoms with Crippen LogP contribution in [0.1, 0.15) is 32.9 Å². The van der Waals surface area contributed by atoms with Crippen LogP contribution in [0.3, 0.4) is 0 Å². The van der Waals surface area contributed by atoms with Gasteiger partial charge in [-0.3, -0.25) is 4.79 Å². The van der Waals surface area contributed by atoms with Crippen LogP contribution in [0, 0.1) is 19.7 Å². The minimum Gasteiger partial charge on any atom is -0.478 e. The molecule has 4 aromatic rings. The zero-order valence-electron chi connectivity index (χ0n) is 19.7. The molecule has 0 spiro atoms. The number of hydrogen-bond donors (Lipinski definition) is 2. The molecular weight excluding hydrogens is 461 g/mol. The largest absolute Gasteiger partial charge is 0.478 e. The van der Waals surface area contributed by atoms with Crippen molar-refractivity contribution < 1.29 is 23.8 Å². The Morgan fingerprint density at radius 1 is 0.861 bits per heavy atom. The van der Waals surface area contributed by atoms with E-state index in [0.29, 0.717) is 22.5 Å². The fraction of sp³-hybridized carbons (Fsp3) is 0.143. The van der Waals surface area contributed by atoms with E-state index in [0.717, 1.165) is 12.1 Å². The third kappa shape index (κ3) is 5.07. The molecule has 0 fully saturated rings. The Labute approximate surface area is 207 Å². The summed E-state index contributed by atoms with van der Waals surface area (Å²) in [6.45, 7) is 3.49. The highest BCUT2D eigenvalue weighted by Gasteiger charge is 2.50. The standard InChI is InChI=1S/C28H24FN3O4/c1-18-17-19(2)31-27(30-18)36-24(26(34)35)28(21-9-5-3-6-10-21,22-11-7-4-8-12-22)32-25(33)20-13-15-23(29)16-14-20/h3-17,24H,1-2H3,(H,32,33)(H,34,35). The number of benzene rings is 3. The lowest BCUT2D eigenvalue weighted by atomic mass is 9.77. The van der Waals surface area contributed by atoms with E-state index >= 15 is 0 Å². The Morgan fingerprint density at radius 3 is 1.83 bits per heavy atom. The molecule has 8 heteroatoms. The number of aliphatic carboxylic acids is 1. The zero-order valence-corrected chi connectivity index (χ0v) is 19.7. The molecule has 0 radical (unpaired) electrons. The van der Waals surface area contributed by atoms with Gasteiger partial charge in [0.1, 0.15) is 11.4 Å². The quantitative estimate of drug-likeness (QED) is 0.383. The van der Waals surface area contributed by atoms with E-state index in [4.69, 9.17) is 4.74 Å². The Balaban J connectivity index is 1.94. The molecule has 7 nitrogen and oxygen atoms in total. The second-order valence-electron chi connectivity index (χ2n) is 8.27. The van der Waals surface area contributed by atoms with Gasteiger partial charge < -0.3 is 15.2 Å². The van der Waals surface area contributed by atoms with Gasteiger partial charge in [-0.05, 0) is 55.3 Å². The van der Waals surface area contributed by atoms with Gasteiger partial charge in [-0.25, -0.2) is 19.2 Å². The van der Waals surface area contributed by atoms with Gasteiger partial charge in [0.05, 0.1) is 0 Å². The molecule has 0 aliphatic carbocycles. The average Bonchev–Trinajstić information content (AvgIpc) is 2.87. The second kappa shape index (κ2) is 10.4. The van der Waals surface area contributed by atoms with Crippen molar-refractivity contribution in [2.45, 2.75) is 25.5 Å². The number of carboxylic acid groups (broad SMARTS) is 1. The van der Waals surface area contributed by atoms with Crippen LogP contribution < -0.4 is 10.1 Å². The summed E-state index contributed by atoms with van der Waals surface area (Å²) in [7, 11) is 0. The minimum atomic E-state index is -1.71. The molecule has 182 valence electrons. The smallest absolute Gasteiger partial charge is 0.348 e. The summed E-state index contributed by atoms with van der Waals surface area (Å²) in [6.07, 6.45) is -1.67. The number of hydrogen-bond acceptors (Lipinski definition) is 5. The highest BCUT2D eigenvalue weighted by atomic mass is 19.1. The van der Waals surface area contributed by atoms with Crippen LogP contribution in [0.15, 0.2) is 91.0 Å². The topological polar surface area (TPSA) is 101 Å². The van der Waals surface area contributed by atoms with Crippen LogP contribution >= 0.6 is 0 Å². The number of carboxylic acids is 1. The van der Waals surface area contributed by atoms with Gasteiger partial charge in [0.2, 0.25) is 6.10 Å². The molecule has 1 unspecified atom stereocenters. The Kier molecular flexibility index (Phi) is 7.05. The summed E-state index contributed by atoms with van der Waals surface area (Å²) < 4.78 is 19.5. The Bertz CT molecular complexity index is 1300. The monoisotopic (exact) mass is 485 g/mol. The van der Waals surface area contributed by atoms with E-state index < -0.39 is 29.3 Å². The molecule has 0 aliphatic heterocycles. The first kappa shape index (κ1) is 24.5.